The molecule has 3 saturated heterocycles. The quantitative estimate of drug-likeness (QED) is 0.268. The molecule has 9 heteroatoms. The summed E-state index contributed by atoms with van der Waals surface area (Å²) in [4.78, 5) is 44.2. The van der Waals surface area contributed by atoms with Crippen molar-refractivity contribution < 1.29 is 29.0 Å². The van der Waals surface area contributed by atoms with Crippen LogP contribution < -0.4 is 15.4 Å². The summed E-state index contributed by atoms with van der Waals surface area (Å²) in [7, 11) is 0. The number of aliphatic hydroxyl groups is 1. The number of aliphatic hydroxyl groups excluding tert-OH is 1. The lowest BCUT2D eigenvalue weighted by Gasteiger charge is -2.36. The molecule has 6 atom stereocenters. The number of likely N-dealkylation sites (tertiary alicyclic amines) is 1. The standard InChI is InChI=1S/C35H41N3O6/c1-4-43-27-16-14-25(15-17-27)36-31(40)28-29-33(42)38(18-8-5-9-19-39)30(35(29)21-22(2)34(28,3)44-35)32(41)37-26-13-12-23-10-6-7-11-24(23)20-26/h6-7,10-17,20,22,28-30,39H,4-5,8-9,18-19,21H2,1-3H3,(H,36,40)(H,37,41)/t22?,28-,29+,30?,34+,35?/m1/s1. The van der Waals surface area contributed by atoms with E-state index in [9.17, 15) is 19.5 Å². The van der Waals surface area contributed by atoms with Crippen molar-refractivity contribution in [2.45, 2.75) is 63.7 Å². The van der Waals surface area contributed by atoms with Gasteiger partial charge in [-0.2, -0.15) is 0 Å². The van der Waals surface area contributed by atoms with E-state index >= 15 is 0 Å². The highest BCUT2D eigenvalue weighted by Gasteiger charge is 2.79. The minimum atomic E-state index is -1.13. The fourth-order valence-electron chi connectivity index (χ4n) is 7.75. The lowest BCUT2D eigenvalue weighted by Crippen LogP contribution is -2.54. The molecule has 232 valence electrons. The molecule has 3 amide bonds. The zero-order valence-electron chi connectivity index (χ0n) is 25.5. The number of nitrogens with one attached hydrogen (secondary N) is 2. The van der Waals surface area contributed by atoms with Crippen molar-refractivity contribution in [1.29, 1.82) is 0 Å². The Labute approximate surface area is 257 Å². The van der Waals surface area contributed by atoms with Gasteiger partial charge in [-0.05, 0) is 92.6 Å². The van der Waals surface area contributed by atoms with E-state index in [-0.39, 0.29) is 30.2 Å². The summed E-state index contributed by atoms with van der Waals surface area (Å²) in [5.74, 6) is -1.76. The van der Waals surface area contributed by atoms with Gasteiger partial charge in [-0.3, -0.25) is 14.4 Å². The number of hydrogen-bond acceptors (Lipinski definition) is 6. The molecule has 0 saturated carbocycles. The van der Waals surface area contributed by atoms with Gasteiger partial charge in [-0.25, -0.2) is 0 Å². The minimum absolute atomic E-state index is 0.0621. The Kier molecular flexibility index (Phi) is 8.11. The van der Waals surface area contributed by atoms with E-state index in [4.69, 9.17) is 9.47 Å². The van der Waals surface area contributed by atoms with Crippen LogP contribution in [0.15, 0.2) is 66.7 Å². The summed E-state index contributed by atoms with van der Waals surface area (Å²) < 4.78 is 12.4. The zero-order valence-corrected chi connectivity index (χ0v) is 25.5. The second-order valence-corrected chi connectivity index (χ2v) is 12.5. The average Bonchev–Trinajstić information content (AvgIpc) is 3.52. The molecule has 44 heavy (non-hydrogen) atoms. The molecule has 3 aromatic carbocycles. The van der Waals surface area contributed by atoms with Crippen LogP contribution in [-0.4, -0.2) is 64.7 Å². The number of carbonyl (C=O) groups excluding carboxylic acids is 3. The highest BCUT2D eigenvalue weighted by molar-refractivity contribution is 6.06. The molecule has 3 aliphatic heterocycles. The Hall–Kier alpha value is -3.95. The Morgan fingerprint density at radius 2 is 1.68 bits per heavy atom. The van der Waals surface area contributed by atoms with E-state index in [0.29, 0.717) is 56.0 Å². The first-order valence-electron chi connectivity index (χ1n) is 15.7. The second-order valence-electron chi connectivity index (χ2n) is 12.5. The van der Waals surface area contributed by atoms with Gasteiger partial charge >= 0.3 is 0 Å². The normalized spacial score (nSPS) is 28.7. The first-order chi connectivity index (χ1) is 21.2. The summed E-state index contributed by atoms with van der Waals surface area (Å²) in [6.45, 7) is 6.80. The molecule has 3 fully saturated rings. The Bertz CT molecular complexity index is 1560. The molecule has 6 rings (SSSR count). The Morgan fingerprint density at radius 1 is 0.977 bits per heavy atom. The van der Waals surface area contributed by atoms with E-state index in [1.54, 1.807) is 29.2 Å². The van der Waals surface area contributed by atoms with Gasteiger partial charge in [0.05, 0.1) is 24.0 Å². The number of amides is 3. The highest BCUT2D eigenvalue weighted by atomic mass is 16.5. The van der Waals surface area contributed by atoms with Crippen LogP contribution in [0, 0.1) is 17.8 Å². The smallest absolute Gasteiger partial charge is 0.250 e. The van der Waals surface area contributed by atoms with Crippen LogP contribution in [0.5, 0.6) is 5.75 Å². The van der Waals surface area contributed by atoms with Gasteiger partial charge in [0.15, 0.2) is 0 Å². The molecule has 0 aromatic heterocycles. The van der Waals surface area contributed by atoms with E-state index in [1.165, 1.54) is 0 Å². The number of benzene rings is 3. The summed E-state index contributed by atoms with van der Waals surface area (Å²) in [5, 5.41) is 17.5. The number of fused-ring (bicyclic) bond motifs is 2. The number of unbranched alkanes of at least 4 members (excludes halogenated alkanes) is 2. The van der Waals surface area contributed by atoms with Crippen molar-refractivity contribution in [2.24, 2.45) is 17.8 Å². The molecule has 2 bridgehead atoms. The number of rotatable bonds is 11. The minimum Gasteiger partial charge on any atom is -0.494 e. The van der Waals surface area contributed by atoms with E-state index in [1.807, 2.05) is 63.2 Å². The van der Waals surface area contributed by atoms with Crippen molar-refractivity contribution in [3.8, 4) is 5.75 Å². The third kappa shape index (κ3) is 5.02. The van der Waals surface area contributed by atoms with Crippen molar-refractivity contribution in [3.63, 3.8) is 0 Å². The second kappa shape index (κ2) is 11.9. The van der Waals surface area contributed by atoms with Crippen molar-refractivity contribution in [1.82, 2.24) is 4.90 Å². The molecule has 3 unspecified atom stereocenters. The van der Waals surface area contributed by atoms with E-state index in [2.05, 4.69) is 10.6 Å². The third-order valence-electron chi connectivity index (χ3n) is 9.85. The van der Waals surface area contributed by atoms with E-state index in [0.717, 1.165) is 10.8 Å². The fourth-order valence-corrected chi connectivity index (χ4v) is 7.75. The predicted molar refractivity (Wildman–Crippen MR) is 168 cm³/mol. The molecule has 3 aliphatic rings. The van der Waals surface area contributed by atoms with Crippen LogP contribution in [0.2, 0.25) is 0 Å². The van der Waals surface area contributed by atoms with Crippen molar-refractivity contribution in [3.05, 3.63) is 66.7 Å². The first-order valence-corrected chi connectivity index (χ1v) is 15.7. The van der Waals surface area contributed by atoms with Gasteiger partial charge in [-0.15, -0.1) is 0 Å². The number of hydrogen-bond donors (Lipinski definition) is 3. The lowest BCUT2D eigenvalue weighted by atomic mass is 9.62. The highest BCUT2D eigenvalue weighted by Crippen LogP contribution is 2.65. The maximum absolute atomic E-state index is 14.3. The molecule has 0 radical (unpaired) electrons. The molecule has 9 nitrogen and oxygen atoms in total. The zero-order chi connectivity index (χ0) is 31.1. The molecule has 3 heterocycles. The summed E-state index contributed by atoms with van der Waals surface area (Å²) in [5.41, 5.74) is -0.814. The van der Waals surface area contributed by atoms with Crippen LogP contribution in [-0.2, 0) is 19.1 Å². The largest absolute Gasteiger partial charge is 0.494 e. The van der Waals surface area contributed by atoms with Crippen LogP contribution in [0.25, 0.3) is 10.8 Å². The molecular formula is C35H41N3O6. The van der Waals surface area contributed by atoms with Crippen LogP contribution in [0.1, 0.15) is 46.5 Å². The summed E-state index contributed by atoms with van der Waals surface area (Å²) in [6, 6.07) is 19.9. The topological polar surface area (TPSA) is 117 Å². The van der Waals surface area contributed by atoms with Gasteiger partial charge in [0.2, 0.25) is 17.7 Å². The van der Waals surface area contributed by atoms with Crippen LogP contribution in [0.4, 0.5) is 11.4 Å². The average molecular weight is 600 g/mol. The molecule has 0 aliphatic carbocycles. The third-order valence-corrected chi connectivity index (χ3v) is 9.85. The van der Waals surface area contributed by atoms with Crippen LogP contribution >= 0.6 is 0 Å². The summed E-state index contributed by atoms with van der Waals surface area (Å²) in [6.07, 6.45) is 2.46. The lowest BCUT2D eigenvalue weighted by molar-refractivity contribution is -0.144. The van der Waals surface area contributed by atoms with Gasteiger partial charge < -0.3 is 30.1 Å². The van der Waals surface area contributed by atoms with Gasteiger partial charge in [-0.1, -0.05) is 37.3 Å². The maximum Gasteiger partial charge on any atom is 0.250 e. The summed E-state index contributed by atoms with van der Waals surface area (Å²) >= 11 is 0. The number of carbonyl (C=O) groups is 3. The Morgan fingerprint density at radius 3 is 2.41 bits per heavy atom. The molecule has 1 spiro atoms. The number of anilines is 2. The van der Waals surface area contributed by atoms with Crippen LogP contribution in [0.3, 0.4) is 0 Å². The maximum atomic E-state index is 14.3. The van der Waals surface area contributed by atoms with Gasteiger partial charge in [0.1, 0.15) is 17.4 Å². The first kappa shape index (κ1) is 30.1. The molecule has 3 aromatic rings. The van der Waals surface area contributed by atoms with Gasteiger partial charge in [0, 0.05) is 24.5 Å². The monoisotopic (exact) mass is 599 g/mol. The van der Waals surface area contributed by atoms with Gasteiger partial charge in [0.25, 0.3) is 0 Å². The molecular weight excluding hydrogens is 558 g/mol. The Balaban J connectivity index is 1.32. The SMILES string of the molecule is CCOc1ccc(NC(=O)[C@H]2[C@H]3C(=O)N(CCCCCO)C(C(=O)Nc4ccc5ccccc5c4)C34CC(C)[C@]2(C)O4)cc1. The predicted octanol–water partition coefficient (Wildman–Crippen LogP) is 4.99. The van der Waals surface area contributed by atoms with Crippen molar-refractivity contribution >= 4 is 39.9 Å². The number of ether oxygens (including phenoxy) is 2. The number of nitrogens with zero attached hydrogens (tertiary/aromatic N) is 1. The molecule has 3 N–H and O–H groups in total. The van der Waals surface area contributed by atoms with E-state index < -0.39 is 29.1 Å². The van der Waals surface area contributed by atoms with Crippen molar-refractivity contribution in [2.75, 3.05) is 30.4 Å². The fraction of sp³-hybridized carbons (Fsp3) is 0.457.